The highest BCUT2D eigenvalue weighted by Crippen LogP contribution is 2.34. The monoisotopic (exact) mass is 281 g/mol. The Labute approximate surface area is 124 Å². The number of rotatable bonds is 2. The Hall–Kier alpha value is -2.29. The molecule has 0 saturated heterocycles. The first kappa shape index (κ1) is 13.7. The number of carbonyl (C=O) groups excluding carboxylic acids is 1. The van der Waals surface area contributed by atoms with Crippen LogP contribution in [0.1, 0.15) is 31.4 Å². The van der Waals surface area contributed by atoms with Crippen molar-refractivity contribution in [1.82, 2.24) is 0 Å². The molecule has 1 aliphatic heterocycles. The molecule has 2 aromatic rings. The van der Waals surface area contributed by atoms with Crippen LogP contribution in [0.15, 0.2) is 48.5 Å². The summed E-state index contributed by atoms with van der Waals surface area (Å²) < 4.78 is 5.94. The molecule has 0 aliphatic carbocycles. The quantitative estimate of drug-likeness (QED) is 0.909. The maximum absolute atomic E-state index is 11.9. The summed E-state index contributed by atoms with van der Waals surface area (Å²) in [7, 11) is 0. The molecule has 0 aromatic heterocycles. The van der Waals surface area contributed by atoms with Crippen LogP contribution in [-0.4, -0.2) is 11.5 Å². The molecule has 0 radical (unpaired) electrons. The Morgan fingerprint density at radius 3 is 2.62 bits per heavy atom. The van der Waals surface area contributed by atoms with Gasteiger partial charge in [-0.3, -0.25) is 4.79 Å². The van der Waals surface area contributed by atoms with E-state index in [-0.39, 0.29) is 5.91 Å². The van der Waals surface area contributed by atoms with Crippen molar-refractivity contribution in [2.75, 3.05) is 5.32 Å². The number of ether oxygens (including phenoxy) is 1. The van der Waals surface area contributed by atoms with Gasteiger partial charge in [-0.05, 0) is 43.5 Å². The summed E-state index contributed by atoms with van der Waals surface area (Å²) >= 11 is 0. The maximum Gasteiger partial charge on any atom is 0.228 e. The molecule has 108 valence electrons. The molecular weight excluding hydrogens is 262 g/mol. The molecule has 0 spiro atoms. The van der Waals surface area contributed by atoms with Gasteiger partial charge in [0.1, 0.15) is 11.4 Å². The van der Waals surface area contributed by atoms with E-state index in [9.17, 15) is 4.79 Å². The molecule has 21 heavy (non-hydrogen) atoms. The van der Waals surface area contributed by atoms with E-state index >= 15 is 0 Å². The van der Waals surface area contributed by atoms with Crippen molar-refractivity contribution in [3.63, 3.8) is 0 Å². The average molecular weight is 281 g/mol. The zero-order chi connectivity index (χ0) is 14.9. The maximum atomic E-state index is 11.9. The summed E-state index contributed by atoms with van der Waals surface area (Å²) in [4.78, 5) is 11.9. The third kappa shape index (κ3) is 3.24. The van der Waals surface area contributed by atoms with Crippen LogP contribution in [0.3, 0.4) is 0 Å². The zero-order valence-corrected chi connectivity index (χ0v) is 12.3. The molecule has 0 saturated carbocycles. The van der Waals surface area contributed by atoms with Crippen molar-refractivity contribution in [3.05, 3.63) is 59.7 Å². The molecule has 1 N–H and O–H groups in total. The lowest BCUT2D eigenvalue weighted by Crippen LogP contribution is -2.30. The summed E-state index contributed by atoms with van der Waals surface area (Å²) in [6, 6.07) is 16.3. The Balaban J connectivity index is 1.89. The highest BCUT2D eigenvalue weighted by Gasteiger charge is 2.29. The normalized spacial score (nSPS) is 16.4. The number of nitrogens with one attached hydrogen (secondary N) is 1. The van der Waals surface area contributed by atoms with Gasteiger partial charge >= 0.3 is 0 Å². The van der Waals surface area contributed by atoms with E-state index < -0.39 is 5.60 Å². The number of hydrogen-bond acceptors (Lipinski definition) is 2. The minimum Gasteiger partial charge on any atom is -0.485 e. The summed E-state index contributed by atoms with van der Waals surface area (Å²) in [5.41, 5.74) is 2.69. The van der Waals surface area contributed by atoms with E-state index in [1.165, 1.54) is 5.56 Å². The van der Waals surface area contributed by atoms with Gasteiger partial charge in [0, 0.05) is 0 Å². The number of carbonyl (C=O) groups is 1. The highest BCUT2D eigenvalue weighted by atomic mass is 16.5. The SMILES string of the molecule is CC1(C)CC(=O)Nc2cc(Cc3ccccc3)ccc2O1. The first-order chi connectivity index (χ1) is 10.0. The van der Waals surface area contributed by atoms with Crippen LogP contribution < -0.4 is 10.1 Å². The van der Waals surface area contributed by atoms with Crippen molar-refractivity contribution in [1.29, 1.82) is 0 Å². The molecule has 0 unspecified atom stereocenters. The summed E-state index contributed by atoms with van der Waals surface area (Å²) in [5.74, 6) is 0.735. The number of benzene rings is 2. The van der Waals surface area contributed by atoms with Gasteiger partial charge in [0.25, 0.3) is 0 Å². The average Bonchev–Trinajstić information content (AvgIpc) is 2.53. The Morgan fingerprint density at radius 1 is 1.10 bits per heavy atom. The van der Waals surface area contributed by atoms with E-state index in [1.54, 1.807) is 0 Å². The third-order valence-corrected chi connectivity index (χ3v) is 3.54. The van der Waals surface area contributed by atoms with Crippen molar-refractivity contribution in [2.45, 2.75) is 32.3 Å². The molecular formula is C18H19NO2. The number of hydrogen-bond donors (Lipinski definition) is 1. The smallest absolute Gasteiger partial charge is 0.228 e. The minimum absolute atomic E-state index is 0.00406. The van der Waals surface area contributed by atoms with Crippen molar-refractivity contribution in [3.8, 4) is 5.75 Å². The van der Waals surface area contributed by atoms with Crippen LogP contribution >= 0.6 is 0 Å². The first-order valence-corrected chi connectivity index (χ1v) is 7.18. The number of fused-ring (bicyclic) bond motifs is 1. The van der Waals surface area contributed by atoms with Gasteiger partial charge in [0.15, 0.2) is 0 Å². The molecule has 0 bridgehead atoms. The predicted molar refractivity (Wildman–Crippen MR) is 83.6 cm³/mol. The molecule has 3 rings (SSSR count). The van der Waals surface area contributed by atoms with E-state index in [0.717, 1.165) is 23.4 Å². The number of anilines is 1. The van der Waals surface area contributed by atoms with Gasteiger partial charge < -0.3 is 10.1 Å². The third-order valence-electron chi connectivity index (χ3n) is 3.54. The van der Waals surface area contributed by atoms with Gasteiger partial charge in [-0.25, -0.2) is 0 Å². The van der Waals surface area contributed by atoms with Gasteiger partial charge in [0.05, 0.1) is 12.1 Å². The van der Waals surface area contributed by atoms with E-state index in [4.69, 9.17) is 4.74 Å². The highest BCUT2D eigenvalue weighted by molar-refractivity contribution is 5.93. The topological polar surface area (TPSA) is 38.3 Å². The van der Waals surface area contributed by atoms with Gasteiger partial charge in [-0.15, -0.1) is 0 Å². The zero-order valence-electron chi connectivity index (χ0n) is 12.3. The summed E-state index contributed by atoms with van der Waals surface area (Å²) in [6.07, 6.45) is 1.20. The van der Waals surface area contributed by atoms with Crippen LogP contribution in [0, 0.1) is 0 Å². The largest absolute Gasteiger partial charge is 0.485 e. The second-order valence-electron chi connectivity index (χ2n) is 6.08. The summed E-state index contributed by atoms with van der Waals surface area (Å²) in [5, 5.41) is 2.94. The lowest BCUT2D eigenvalue weighted by molar-refractivity contribution is -0.118. The second-order valence-corrected chi connectivity index (χ2v) is 6.08. The second kappa shape index (κ2) is 5.24. The fourth-order valence-electron chi connectivity index (χ4n) is 2.62. The van der Waals surface area contributed by atoms with Gasteiger partial charge in [-0.1, -0.05) is 36.4 Å². The van der Waals surface area contributed by atoms with Crippen LogP contribution in [0.4, 0.5) is 5.69 Å². The fourth-order valence-corrected chi connectivity index (χ4v) is 2.62. The van der Waals surface area contributed by atoms with Crippen LogP contribution in [0.2, 0.25) is 0 Å². The van der Waals surface area contributed by atoms with Crippen LogP contribution in [0.25, 0.3) is 0 Å². The Morgan fingerprint density at radius 2 is 1.86 bits per heavy atom. The van der Waals surface area contributed by atoms with Gasteiger partial charge in [-0.2, -0.15) is 0 Å². The molecule has 3 heteroatoms. The predicted octanol–water partition coefficient (Wildman–Crippen LogP) is 3.78. The molecule has 0 fully saturated rings. The number of amides is 1. The minimum atomic E-state index is -0.476. The van der Waals surface area contributed by atoms with Crippen molar-refractivity contribution < 1.29 is 9.53 Å². The van der Waals surface area contributed by atoms with Crippen molar-refractivity contribution >= 4 is 11.6 Å². The molecule has 3 nitrogen and oxygen atoms in total. The lowest BCUT2D eigenvalue weighted by Gasteiger charge is -2.23. The molecule has 2 aromatic carbocycles. The molecule has 1 amide bonds. The Kier molecular flexibility index (Phi) is 3.42. The summed E-state index contributed by atoms with van der Waals surface area (Å²) in [6.45, 7) is 3.86. The molecule has 0 atom stereocenters. The van der Waals surface area contributed by atoms with Gasteiger partial charge in [0.2, 0.25) is 5.91 Å². The van der Waals surface area contributed by atoms with E-state index in [1.807, 2.05) is 44.2 Å². The molecule has 1 heterocycles. The van der Waals surface area contributed by atoms with Crippen LogP contribution in [0.5, 0.6) is 5.75 Å². The first-order valence-electron chi connectivity index (χ1n) is 7.18. The Bertz CT molecular complexity index is 662. The molecule has 1 aliphatic rings. The van der Waals surface area contributed by atoms with Crippen LogP contribution in [-0.2, 0) is 11.2 Å². The fraction of sp³-hybridized carbons (Fsp3) is 0.278. The van der Waals surface area contributed by atoms with E-state index in [0.29, 0.717) is 6.42 Å². The van der Waals surface area contributed by atoms with Crippen molar-refractivity contribution in [2.24, 2.45) is 0 Å². The standard InChI is InChI=1S/C18H19NO2/c1-18(2)12-17(20)19-15-11-14(8-9-16(15)21-18)10-13-6-4-3-5-7-13/h3-9,11H,10,12H2,1-2H3,(H,19,20). The lowest BCUT2D eigenvalue weighted by atomic mass is 10.0. The van der Waals surface area contributed by atoms with E-state index in [2.05, 4.69) is 23.5 Å².